The summed E-state index contributed by atoms with van der Waals surface area (Å²) in [5, 5.41) is 2.44. The number of thiazole rings is 1. The normalized spacial score (nSPS) is 9.53. The summed E-state index contributed by atoms with van der Waals surface area (Å²) in [7, 11) is 0. The number of hydrogen-bond acceptors (Lipinski definition) is 5. The zero-order valence-electron chi connectivity index (χ0n) is 10.3. The van der Waals surface area contributed by atoms with Crippen LogP contribution in [0.4, 0.5) is 5.13 Å². The molecule has 4 nitrogen and oxygen atoms in total. The van der Waals surface area contributed by atoms with Crippen LogP contribution in [0.1, 0.15) is 12.5 Å². The summed E-state index contributed by atoms with van der Waals surface area (Å²) < 4.78 is 4.72. The number of esters is 1. The first-order chi connectivity index (χ1) is 9.19. The van der Waals surface area contributed by atoms with E-state index in [-0.39, 0.29) is 0 Å². The van der Waals surface area contributed by atoms with Gasteiger partial charge in [0.25, 0.3) is 0 Å². The maximum absolute atomic E-state index is 11.1. The summed E-state index contributed by atoms with van der Waals surface area (Å²) in [5.74, 6) is 4.65. The van der Waals surface area contributed by atoms with Crippen LogP contribution < -0.4 is 5.73 Å². The van der Waals surface area contributed by atoms with E-state index in [1.165, 1.54) is 11.3 Å². The number of ether oxygens (including phenoxy) is 1. The van der Waals surface area contributed by atoms with Gasteiger partial charge in [0.15, 0.2) is 5.13 Å². The van der Waals surface area contributed by atoms with E-state index in [0.717, 1.165) is 16.8 Å². The molecule has 0 radical (unpaired) electrons. The molecule has 19 heavy (non-hydrogen) atoms. The summed E-state index contributed by atoms with van der Waals surface area (Å²) in [6, 6.07) is 7.45. The third kappa shape index (κ3) is 3.57. The van der Waals surface area contributed by atoms with Crippen molar-refractivity contribution < 1.29 is 9.53 Å². The Balaban J connectivity index is 2.13. The van der Waals surface area contributed by atoms with E-state index in [0.29, 0.717) is 11.7 Å². The molecular formula is C14H12N2O2S. The molecule has 0 atom stereocenters. The van der Waals surface area contributed by atoms with Gasteiger partial charge in [0.2, 0.25) is 0 Å². The fourth-order valence-corrected chi connectivity index (χ4v) is 2.01. The number of carbonyl (C=O) groups is 1. The number of nitrogens with two attached hydrogens (primary N) is 1. The van der Waals surface area contributed by atoms with Crippen LogP contribution in [0.2, 0.25) is 0 Å². The molecular weight excluding hydrogens is 260 g/mol. The fourth-order valence-electron chi connectivity index (χ4n) is 1.43. The first-order valence-electron chi connectivity index (χ1n) is 5.69. The summed E-state index contributed by atoms with van der Waals surface area (Å²) in [6.45, 7) is 2.08. The van der Waals surface area contributed by atoms with Crippen LogP contribution in [0, 0.1) is 11.8 Å². The van der Waals surface area contributed by atoms with Crippen LogP contribution in [-0.4, -0.2) is 17.6 Å². The van der Waals surface area contributed by atoms with Gasteiger partial charge in [-0.15, -0.1) is 11.3 Å². The maximum atomic E-state index is 11.1. The lowest BCUT2D eigenvalue weighted by molar-refractivity contribution is -0.136. The van der Waals surface area contributed by atoms with E-state index >= 15 is 0 Å². The molecule has 0 aliphatic heterocycles. The molecule has 2 aromatic rings. The van der Waals surface area contributed by atoms with Gasteiger partial charge < -0.3 is 10.5 Å². The second-order valence-corrected chi connectivity index (χ2v) is 4.51. The van der Waals surface area contributed by atoms with Crippen molar-refractivity contribution in [2.24, 2.45) is 0 Å². The molecule has 0 saturated heterocycles. The number of aromatic nitrogens is 1. The molecule has 0 spiro atoms. The van der Waals surface area contributed by atoms with Crippen molar-refractivity contribution >= 4 is 22.4 Å². The first kappa shape index (κ1) is 13.1. The van der Waals surface area contributed by atoms with Crippen LogP contribution in [0.15, 0.2) is 29.6 Å². The van der Waals surface area contributed by atoms with Crippen LogP contribution in [0.25, 0.3) is 11.3 Å². The lowest BCUT2D eigenvalue weighted by Gasteiger charge is -1.96. The Hall–Kier alpha value is -2.32. The molecule has 0 aliphatic carbocycles. The minimum Gasteiger partial charge on any atom is -0.456 e. The Labute approximate surface area is 115 Å². The van der Waals surface area contributed by atoms with E-state index in [1.54, 1.807) is 6.92 Å². The smallest absolute Gasteiger partial charge is 0.384 e. The number of hydrogen-bond donors (Lipinski definition) is 1. The van der Waals surface area contributed by atoms with Gasteiger partial charge in [-0.3, -0.25) is 0 Å². The quantitative estimate of drug-likeness (QED) is 0.673. The number of nitrogen functional groups attached to an aromatic ring is 1. The maximum Gasteiger partial charge on any atom is 0.384 e. The molecule has 5 heteroatoms. The van der Waals surface area contributed by atoms with Crippen molar-refractivity contribution in [3.63, 3.8) is 0 Å². The van der Waals surface area contributed by atoms with E-state index in [1.807, 2.05) is 29.6 Å². The van der Waals surface area contributed by atoms with Crippen LogP contribution in [0.3, 0.4) is 0 Å². The van der Waals surface area contributed by atoms with Crippen LogP contribution >= 0.6 is 11.3 Å². The lowest BCUT2D eigenvalue weighted by atomic mass is 10.1. The van der Waals surface area contributed by atoms with Gasteiger partial charge in [-0.1, -0.05) is 18.1 Å². The summed E-state index contributed by atoms with van der Waals surface area (Å²) in [6.07, 6.45) is 0. The number of carbonyl (C=O) groups excluding carboxylic acids is 1. The van der Waals surface area contributed by atoms with E-state index in [9.17, 15) is 4.79 Å². The van der Waals surface area contributed by atoms with Crippen molar-refractivity contribution in [1.82, 2.24) is 4.98 Å². The van der Waals surface area contributed by atoms with Gasteiger partial charge in [0.05, 0.1) is 12.3 Å². The van der Waals surface area contributed by atoms with Crippen molar-refractivity contribution in [3.8, 4) is 23.1 Å². The van der Waals surface area contributed by atoms with Crippen LogP contribution in [-0.2, 0) is 9.53 Å². The average molecular weight is 272 g/mol. The van der Waals surface area contributed by atoms with Crippen molar-refractivity contribution in [2.45, 2.75) is 6.92 Å². The Morgan fingerprint density at radius 3 is 2.74 bits per heavy atom. The molecule has 1 aromatic carbocycles. The average Bonchev–Trinajstić information content (AvgIpc) is 2.84. The van der Waals surface area contributed by atoms with Gasteiger partial charge >= 0.3 is 5.97 Å². The highest BCUT2D eigenvalue weighted by Gasteiger charge is 2.01. The van der Waals surface area contributed by atoms with E-state index in [2.05, 4.69) is 16.8 Å². The number of benzene rings is 1. The Morgan fingerprint density at radius 1 is 1.42 bits per heavy atom. The van der Waals surface area contributed by atoms with Crippen LogP contribution in [0.5, 0.6) is 0 Å². The summed E-state index contributed by atoms with van der Waals surface area (Å²) in [5.41, 5.74) is 8.15. The van der Waals surface area contributed by atoms with E-state index < -0.39 is 5.97 Å². The predicted octanol–water partition coefficient (Wildman–Crippen LogP) is 2.31. The molecule has 2 rings (SSSR count). The summed E-state index contributed by atoms with van der Waals surface area (Å²) in [4.78, 5) is 15.3. The molecule has 2 N–H and O–H groups in total. The Kier molecular flexibility index (Phi) is 4.16. The van der Waals surface area contributed by atoms with E-state index in [4.69, 9.17) is 10.5 Å². The predicted molar refractivity (Wildman–Crippen MR) is 75.5 cm³/mol. The first-order valence-corrected chi connectivity index (χ1v) is 6.57. The number of rotatable bonds is 2. The highest BCUT2D eigenvalue weighted by atomic mass is 32.1. The molecule has 0 aliphatic rings. The van der Waals surface area contributed by atoms with Gasteiger partial charge in [-0.2, -0.15) is 0 Å². The van der Waals surface area contributed by atoms with Gasteiger partial charge in [-0.05, 0) is 19.1 Å². The Bertz CT molecular complexity index is 635. The fraction of sp³-hybridized carbons (Fsp3) is 0.143. The lowest BCUT2D eigenvalue weighted by Crippen LogP contribution is -1.99. The highest BCUT2D eigenvalue weighted by Crippen LogP contribution is 2.22. The topological polar surface area (TPSA) is 65.2 Å². The summed E-state index contributed by atoms with van der Waals surface area (Å²) >= 11 is 1.40. The van der Waals surface area contributed by atoms with Crippen molar-refractivity contribution in [2.75, 3.05) is 12.3 Å². The molecule has 1 heterocycles. The zero-order valence-corrected chi connectivity index (χ0v) is 11.2. The standard InChI is InChI=1S/C14H12N2O2S/c1-2-18-13(17)8-5-10-3-6-11(7-4-10)12-9-19-14(15)16-12/h3-4,6-7,9H,2H2,1H3,(H2,15,16). The second-order valence-electron chi connectivity index (χ2n) is 3.62. The van der Waals surface area contributed by atoms with Gasteiger partial charge in [0, 0.05) is 22.4 Å². The highest BCUT2D eigenvalue weighted by molar-refractivity contribution is 7.13. The minimum atomic E-state index is -0.515. The molecule has 0 unspecified atom stereocenters. The van der Waals surface area contributed by atoms with Crippen molar-refractivity contribution in [3.05, 3.63) is 35.2 Å². The molecule has 0 amide bonds. The monoisotopic (exact) mass is 272 g/mol. The minimum absolute atomic E-state index is 0.331. The van der Waals surface area contributed by atoms with Gasteiger partial charge in [-0.25, -0.2) is 9.78 Å². The van der Waals surface area contributed by atoms with Gasteiger partial charge in [0.1, 0.15) is 0 Å². The number of anilines is 1. The zero-order chi connectivity index (χ0) is 13.7. The molecule has 1 aromatic heterocycles. The van der Waals surface area contributed by atoms with Crippen molar-refractivity contribution in [1.29, 1.82) is 0 Å². The third-order valence-electron chi connectivity index (χ3n) is 2.29. The molecule has 0 fully saturated rings. The third-order valence-corrected chi connectivity index (χ3v) is 2.96. The second kappa shape index (κ2) is 6.03. The molecule has 0 bridgehead atoms. The Morgan fingerprint density at radius 2 is 2.16 bits per heavy atom. The molecule has 0 saturated carbocycles. The molecule has 96 valence electrons. The largest absolute Gasteiger partial charge is 0.456 e. The number of nitrogens with zero attached hydrogens (tertiary/aromatic N) is 1. The SMILES string of the molecule is CCOC(=O)C#Cc1ccc(-c2csc(N)n2)cc1.